The Labute approximate surface area is 134 Å². The highest BCUT2D eigenvalue weighted by Crippen LogP contribution is 2.24. The molecule has 0 atom stereocenters. The summed E-state index contributed by atoms with van der Waals surface area (Å²) in [5.74, 6) is 0.253. The lowest BCUT2D eigenvalue weighted by Crippen LogP contribution is -2.39. The van der Waals surface area contributed by atoms with Crippen molar-refractivity contribution >= 4 is 28.2 Å². The van der Waals surface area contributed by atoms with E-state index in [-0.39, 0.29) is 11.7 Å². The minimum Gasteiger partial charge on any atom is -0.453 e. The Morgan fingerprint density at radius 1 is 1.13 bits per heavy atom. The first-order valence-electron chi connectivity index (χ1n) is 7.64. The zero-order valence-corrected chi connectivity index (χ0v) is 13.3. The number of hydrogen-bond acceptors (Lipinski definition) is 4. The smallest absolute Gasteiger partial charge is 0.246 e. The number of morpholine rings is 1. The normalized spacial score (nSPS) is 15.9. The van der Waals surface area contributed by atoms with Gasteiger partial charge in [-0.3, -0.25) is 9.59 Å². The van der Waals surface area contributed by atoms with Crippen LogP contribution in [0.3, 0.4) is 0 Å². The number of nitrogens with zero attached hydrogens (tertiary/aromatic N) is 1. The SMILES string of the molecule is CC(=O)c1cc2cc(/C(C)=C/C(=O)N3CCOCC3)ccc2o1. The number of ketones is 1. The predicted octanol–water partition coefficient (Wildman–Crippen LogP) is 2.90. The van der Waals surface area contributed by atoms with E-state index in [1.807, 2.05) is 25.1 Å². The van der Waals surface area contributed by atoms with E-state index in [0.717, 1.165) is 16.5 Å². The topological polar surface area (TPSA) is 59.8 Å². The van der Waals surface area contributed by atoms with Crippen LogP contribution in [0.2, 0.25) is 0 Å². The van der Waals surface area contributed by atoms with Crippen molar-refractivity contribution < 1.29 is 18.7 Å². The largest absolute Gasteiger partial charge is 0.453 e. The summed E-state index contributed by atoms with van der Waals surface area (Å²) in [6.07, 6.45) is 1.65. The number of carbonyl (C=O) groups is 2. The maximum absolute atomic E-state index is 12.3. The third-order valence-electron chi connectivity index (χ3n) is 3.98. The highest BCUT2D eigenvalue weighted by atomic mass is 16.5. The lowest BCUT2D eigenvalue weighted by Gasteiger charge is -2.25. The van der Waals surface area contributed by atoms with Crippen molar-refractivity contribution in [3.05, 3.63) is 41.7 Å². The molecule has 0 spiro atoms. The summed E-state index contributed by atoms with van der Waals surface area (Å²) in [4.78, 5) is 25.4. The third-order valence-corrected chi connectivity index (χ3v) is 3.98. The van der Waals surface area contributed by atoms with E-state index >= 15 is 0 Å². The molecule has 5 heteroatoms. The van der Waals surface area contributed by atoms with E-state index in [1.54, 1.807) is 17.0 Å². The van der Waals surface area contributed by atoms with Crippen molar-refractivity contribution in [1.82, 2.24) is 4.90 Å². The number of ether oxygens (including phenoxy) is 1. The number of furan rings is 1. The molecule has 0 bridgehead atoms. The Kier molecular flexibility index (Phi) is 4.30. The highest BCUT2D eigenvalue weighted by molar-refractivity contribution is 5.98. The monoisotopic (exact) mass is 313 g/mol. The molecule has 1 saturated heterocycles. The number of carbonyl (C=O) groups excluding carboxylic acids is 2. The number of allylic oxidation sites excluding steroid dienone is 1. The van der Waals surface area contributed by atoms with Gasteiger partial charge in [0.15, 0.2) is 11.5 Å². The van der Waals surface area contributed by atoms with Crippen LogP contribution >= 0.6 is 0 Å². The molecule has 0 saturated carbocycles. The number of fused-ring (bicyclic) bond motifs is 1. The highest BCUT2D eigenvalue weighted by Gasteiger charge is 2.15. The van der Waals surface area contributed by atoms with Gasteiger partial charge in [-0.25, -0.2) is 0 Å². The van der Waals surface area contributed by atoms with Crippen LogP contribution in [0.5, 0.6) is 0 Å². The van der Waals surface area contributed by atoms with Gasteiger partial charge in [-0.15, -0.1) is 0 Å². The summed E-state index contributed by atoms with van der Waals surface area (Å²) < 4.78 is 10.7. The number of amides is 1. The molecular formula is C18H19NO4. The fourth-order valence-corrected chi connectivity index (χ4v) is 2.61. The third kappa shape index (κ3) is 3.35. The van der Waals surface area contributed by atoms with Crippen molar-refractivity contribution in [3.63, 3.8) is 0 Å². The van der Waals surface area contributed by atoms with Crippen molar-refractivity contribution in [2.45, 2.75) is 13.8 Å². The molecule has 1 aromatic heterocycles. The Balaban J connectivity index is 1.84. The standard InChI is InChI=1S/C18H19NO4/c1-12(9-18(21)19-5-7-22-8-6-19)14-3-4-16-15(10-14)11-17(23-16)13(2)20/h3-4,9-11H,5-8H2,1-2H3/b12-9+. The van der Waals surface area contributed by atoms with Crippen LogP contribution in [-0.2, 0) is 9.53 Å². The number of benzene rings is 1. The van der Waals surface area contributed by atoms with Crippen molar-refractivity contribution in [3.8, 4) is 0 Å². The van der Waals surface area contributed by atoms with Crippen molar-refractivity contribution in [2.75, 3.05) is 26.3 Å². The molecule has 1 aromatic carbocycles. The van der Waals surface area contributed by atoms with Crippen LogP contribution in [0.15, 0.2) is 34.8 Å². The number of hydrogen-bond donors (Lipinski definition) is 0. The van der Waals surface area contributed by atoms with Gasteiger partial charge < -0.3 is 14.1 Å². The second-order valence-corrected chi connectivity index (χ2v) is 5.68. The minimum atomic E-state index is -0.0995. The van der Waals surface area contributed by atoms with Crippen LogP contribution in [0.4, 0.5) is 0 Å². The molecule has 23 heavy (non-hydrogen) atoms. The summed E-state index contributed by atoms with van der Waals surface area (Å²) in [6, 6.07) is 7.39. The van der Waals surface area contributed by atoms with E-state index in [0.29, 0.717) is 37.6 Å². The van der Waals surface area contributed by atoms with Crippen LogP contribution in [0.25, 0.3) is 16.5 Å². The minimum absolute atomic E-state index is 0.00233. The molecule has 0 aliphatic carbocycles. The molecule has 1 amide bonds. The van der Waals surface area contributed by atoms with Gasteiger partial charge in [0.1, 0.15) is 5.58 Å². The number of Topliss-reactive ketones (excluding diaryl/α,β-unsaturated/α-hetero) is 1. The molecule has 1 aliphatic rings. The van der Waals surface area contributed by atoms with E-state index in [9.17, 15) is 9.59 Å². The van der Waals surface area contributed by atoms with Crippen LogP contribution in [0.1, 0.15) is 30.0 Å². The van der Waals surface area contributed by atoms with Gasteiger partial charge >= 0.3 is 0 Å². The summed E-state index contributed by atoms with van der Waals surface area (Å²) in [5.41, 5.74) is 2.50. The van der Waals surface area contributed by atoms with Gasteiger partial charge in [0.2, 0.25) is 5.91 Å². The maximum atomic E-state index is 12.3. The predicted molar refractivity (Wildman–Crippen MR) is 87.3 cm³/mol. The molecule has 2 heterocycles. The zero-order chi connectivity index (χ0) is 16.4. The summed E-state index contributed by atoms with van der Waals surface area (Å²) in [6.45, 7) is 5.83. The lowest BCUT2D eigenvalue weighted by atomic mass is 10.0. The van der Waals surface area contributed by atoms with Crippen LogP contribution in [-0.4, -0.2) is 42.9 Å². The molecule has 0 unspecified atom stereocenters. The quantitative estimate of drug-likeness (QED) is 0.646. The summed E-state index contributed by atoms with van der Waals surface area (Å²) in [7, 11) is 0. The second kappa shape index (κ2) is 6.38. The first-order valence-corrected chi connectivity index (χ1v) is 7.64. The molecule has 0 radical (unpaired) electrons. The van der Waals surface area contributed by atoms with Crippen molar-refractivity contribution in [2.24, 2.45) is 0 Å². The average molecular weight is 313 g/mol. The van der Waals surface area contributed by atoms with Crippen molar-refractivity contribution in [1.29, 1.82) is 0 Å². The van der Waals surface area contributed by atoms with Gasteiger partial charge in [-0.1, -0.05) is 6.07 Å². The first-order chi connectivity index (χ1) is 11.0. The van der Waals surface area contributed by atoms with Crippen LogP contribution in [0, 0.1) is 0 Å². The van der Waals surface area contributed by atoms with Gasteiger partial charge in [0, 0.05) is 31.5 Å². The Hall–Kier alpha value is -2.40. The fourth-order valence-electron chi connectivity index (χ4n) is 2.61. The Morgan fingerprint density at radius 3 is 2.57 bits per heavy atom. The molecule has 3 rings (SSSR count). The van der Waals surface area contributed by atoms with E-state index in [2.05, 4.69) is 0 Å². The Morgan fingerprint density at radius 2 is 1.87 bits per heavy atom. The molecule has 5 nitrogen and oxygen atoms in total. The van der Waals surface area contributed by atoms with E-state index in [4.69, 9.17) is 9.15 Å². The lowest BCUT2D eigenvalue weighted by molar-refractivity contribution is -0.129. The van der Waals surface area contributed by atoms with Gasteiger partial charge in [0.25, 0.3) is 0 Å². The molecule has 2 aromatic rings. The van der Waals surface area contributed by atoms with Crippen LogP contribution < -0.4 is 0 Å². The zero-order valence-electron chi connectivity index (χ0n) is 13.3. The molecule has 120 valence electrons. The maximum Gasteiger partial charge on any atom is 0.246 e. The second-order valence-electron chi connectivity index (χ2n) is 5.68. The molecular weight excluding hydrogens is 294 g/mol. The first kappa shape index (κ1) is 15.5. The molecule has 0 N–H and O–H groups in total. The van der Waals surface area contributed by atoms with E-state index in [1.165, 1.54) is 6.92 Å². The molecule has 1 fully saturated rings. The fraction of sp³-hybridized carbons (Fsp3) is 0.333. The van der Waals surface area contributed by atoms with E-state index < -0.39 is 0 Å². The number of rotatable bonds is 3. The van der Waals surface area contributed by atoms with Gasteiger partial charge in [-0.05, 0) is 36.3 Å². The summed E-state index contributed by atoms with van der Waals surface area (Å²) >= 11 is 0. The average Bonchev–Trinajstić information content (AvgIpc) is 2.99. The van der Waals surface area contributed by atoms with Gasteiger partial charge in [-0.2, -0.15) is 0 Å². The summed E-state index contributed by atoms with van der Waals surface area (Å²) in [5, 5.41) is 0.860. The van der Waals surface area contributed by atoms with Gasteiger partial charge in [0.05, 0.1) is 13.2 Å². The molecule has 1 aliphatic heterocycles. The Bertz CT molecular complexity index is 781.